The number of fused-ring (bicyclic) bond motifs is 4. The van der Waals surface area contributed by atoms with Crippen molar-refractivity contribution in [3.05, 3.63) is 47.8 Å². The van der Waals surface area contributed by atoms with Crippen molar-refractivity contribution >= 4 is 50.9 Å². The average Bonchev–Trinajstić information content (AvgIpc) is 2.93. The molecule has 2 aromatic heterocycles. The Kier molecular flexibility index (Phi) is 5.68. The Bertz CT molecular complexity index is 1230. The van der Waals surface area contributed by atoms with Gasteiger partial charge in [0.25, 0.3) is 5.91 Å². The van der Waals surface area contributed by atoms with Gasteiger partial charge >= 0.3 is 0 Å². The first kappa shape index (κ1) is 20.9. The number of nitrogens with one attached hydrogen (secondary N) is 1. The molecule has 0 saturated carbocycles. The van der Waals surface area contributed by atoms with E-state index >= 15 is 0 Å². The summed E-state index contributed by atoms with van der Waals surface area (Å²) < 4.78 is 2.14. The lowest BCUT2D eigenvalue weighted by Gasteiger charge is -2.12. The molecule has 0 atom stereocenters. The van der Waals surface area contributed by atoms with Crippen molar-refractivity contribution in [3.8, 4) is 5.75 Å². The number of likely N-dealkylation sites (N-methyl/N-ethyl adjacent to an activating group) is 1. The summed E-state index contributed by atoms with van der Waals surface area (Å²) in [7, 11) is 5.97. The van der Waals surface area contributed by atoms with Gasteiger partial charge in [0.1, 0.15) is 11.4 Å². The molecule has 0 unspecified atom stereocenters. The summed E-state index contributed by atoms with van der Waals surface area (Å²) in [6.45, 7) is 3.40. The normalized spacial score (nSPS) is 11.3. The van der Waals surface area contributed by atoms with Crippen LogP contribution in [0.15, 0.2) is 36.5 Å². The molecule has 2 aromatic carbocycles. The number of aryl methyl sites for hydroxylation is 2. The van der Waals surface area contributed by atoms with Crippen LogP contribution in [0.4, 0.5) is 0 Å². The standard InChI is InChI=1S/C22H24N4O2.ClH/c1-13-15-7-8-23-20(22(28)24-9-10-25(2)3)17(15)12-18-16-11-14(27)5-6-19(16)26(4)21(13)18;/h5-8,11-12,27H,9-10H2,1-4H3,(H,24,28);1H. The van der Waals surface area contributed by atoms with E-state index < -0.39 is 0 Å². The van der Waals surface area contributed by atoms with Crippen LogP contribution < -0.4 is 5.32 Å². The molecule has 29 heavy (non-hydrogen) atoms. The van der Waals surface area contributed by atoms with Gasteiger partial charge in [0.2, 0.25) is 0 Å². The summed E-state index contributed by atoms with van der Waals surface area (Å²) in [4.78, 5) is 19.2. The van der Waals surface area contributed by atoms with Gasteiger partial charge in [0.15, 0.2) is 0 Å². The second kappa shape index (κ2) is 7.89. The quantitative estimate of drug-likeness (QED) is 0.537. The summed E-state index contributed by atoms with van der Waals surface area (Å²) >= 11 is 0. The Balaban J connectivity index is 0.00000240. The van der Waals surface area contributed by atoms with Crippen LogP contribution in [0.5, 0.6) is 5.75 Å². The third kappa shape index (κ3) is 3.50. The number of hydrogen-bond donors (Lipinski definition) is 2. The van der Waals surface area contributed by atoms with Crippen LogP contribution in [-0.4, -0.2) is 52.6 Å². The van der Waals surface area contributed by atoms with Gasteiger partial charge < -0.3 is 19.9 Å². The molecule has 2 N–H and O–H groups in total. The van der Waals surface area contributed by atoms with Crippen molar-refractivity contribution in [1.82, 2.24) is 19.8 Å². The van der Waals surface area contributed by atoms with E-state index in [1.165, 1.54) is 0 Å². The van der Waals surface area contributed by atoms with Gasteiger partial charge in [-0.2, -0.15) is 0 Å². The highest BCUT2D eigenvalue weighted by Crippen LogP contribution is 2.36. The second-order valence-corrected chi connectivity index (χ2v) is 7.47. The van der Waals surface area contributed by atoms with Gasteiger partial charge in [0, 0.05) is 48.0 Å². The number of halogens is 1. The molecule has 152 valence electrons. The molecule has 0 bridgehead atoms. The van der Waals surface area contributed by atoms with Gasteiger partial charge in [0.05, 0.1) is 5.52 Å². The number of aromatic hydroxyl groups is 1. The minimum absolute atomic E-state index is 0. The van der Waals surface area contributed by atoms with Crippen molar-refractivity contribution in [3.63, 3.8) is 0 Å². The number of amides is 1. The van der Waals surface area contributed by atoms with Gasteiger partial charge in [-0.05, 0) is 62.3 Å². The molecule has 0 spiro atoms. The fourth-order valence-corrected chi connectivity index (χ4v) is 3.94. The van der Waals surface area contributed by atoms with Crippen molar-refractivity contribution in [2.45, 2.75) is 6.92 Å². The maximum Gasteiger partial charge on any atom is 0.270 e. The number of nitrogens with zero attached hydrogens (tertiary/aromatic N) is 3. The number of aromatic nitrogens is 2. The van der Waals surface area contributed by atoms with Gasteiger partial charge in [-0.1, -0.05) is 0 Å². The van der Waals surface area contributed by atoms with E-state index in [0.717, 1.165) is 44.7 Å². The first-order valence-corrected chi connectivity index (χ1v) is 9.31. The SMILES string of the molecule is Cc1c2ccnc(C(=O)NCCN(C)C)c2cc2c3cc(O)ccc3n(C)c12.Cl. The summed E-state index contributed by atoms with van der Waals surface area (Å²) in [6.07, 6.45) is 1.69. The molecule has 0 aliphatic carbocycles. The Labute approximate surface area is 175 Å². The Morgan fingerprint density at radius 3 is 2.62 bits per heavy atom. The molecule has 1 amide bonds. The minimum Gasteiger partial charge on any atom is -0.508 e. The highest BCUT2D eigenvalue weighted by molar-refractivity contribution is 6.17. The second-order valence-electron chi connectivity index (χ2n) is 7.47. The van der Waals surface area contributed by atoms with Crippen LogP contribution in [0.2, 0.25) is 0 Å². The van der Waals surface area contributed by atoms with E-state index in [0.29, 0.717) is 12.2 Å². The maximum atomic E-state index is 12.8. The number of phenolic OH excluding ortho intramolecular Hbond substituents is 1. The van der Waals surface area contributed by atoms with E-state index in [1.807, 2.05) is 44.2 Å². The lowest BCUT2D eigenvalue weighted by atomic mass is 10.00. The van der Waals surface area contributed by atoms with Crippen LogP contribution in [0, 0.1) is 6.92 Å². The zero-order valence-corrected chi connectivity index (χ0v) is 17.8. The highest BCUT2D eigenvalue weighted by atomic mass is 35.5. The first-order chi connectivity index (χ1) is 13.4. The Morgan fingerprint density at radius 2 is 1.90 bits per heavy atom. The van der Waals surface area contributed by atoms with Crippen LogP contribution in [0.25, 0.3) is 32.6 Å². The number of pyridine rings is 1. The number of carbonyl (C=O) groups excluding carboxylic acids is 1. The van der Waals surface area contributed by atoms with Gasteiger partial charge in [-0.3, -0.25) is 9.78 Å². The topological polar surface area (TPSA) is 70.4 Å². The first-order valence-electron chi connectivity index (χ1n) is 9.31. The molecule has 0 fully saturated rings. The molecule has 4 rings (SSSR count). The molecular weight excluding hydrogens is 388 g/mol. The fourth-order valence-electron chi connectivity index (χ4n) is 3.94. The Morgan fingerprint density at radius 1 is 1.14 bits per heavy atom. The molecule has 0 saturated heterocycles. The monoisotopic (exact) mass is 412 g/mol. The number of rotatable bonds is 4. The predicted octanol–water partition coefficient (Wildman–Crippen LogP) is 3.61. The molecule has 0 aliphatic rings. The molecule has 2 heterocycles. The zero-order chi connectivity index (χ0) is 20.0. The molecular formula is C22H25ClN4O2. The van der Waals surface area contributed by atoms with Gasteiger partial charge in [-0.15, -0.1) is 12.4 Å². The smallest absolute Gasteiger partial charge is 0.270 e. The highest BCUT2D eigenvalue weighted by Gasteiger charge is 2.18. The van der Waals surface area contributed by atoms with Crippen LogP contribution in [0.3, 0.4) is 0 Å². The summed E-state index contributed by atoms with van der Waals surface area (Å²) in [6, 6.07) is 9.36. The maximum absolute atomic E-state index is 12.8. The third-order valence-electron chi connectivity index (χ3n) is 5.32. The van der Waals surface area contributed by atoms with E-state index in [9.17, 15) is 9.90 Å². The van der Waals surface area contributed by atoms with Crippen LogP contribution >= 0.6 is 12.4 Å². The predicted molar refractivity (Wildman–Crippen MR) is 120 cm³/mol. The summed E-state index contributed by atoms with van der Waals surface area (Å²) in [5.41, 5.74) is 3.66. The number of carbonyl (C=O) groups is 1. The molecule has 7 heteroatoms. The molecule has 6 nitrogen and oxygen atoms in total. The van der Waals surface area contributed by atoms with E-state index in [2.05, 4.69) is 21.8 Å². The van der Waals surface area contributed by atoms with Crippen molar-refractivity contribution in [1.29, 1.82) is 0 Å². The van der Waals surface area contributed by atoms with Crippen LogP contribution in [0.1, 0.15) is 16.1 Å². The number of phenols is 1. The van der Waals surface area contributed by atoms with E-state index in [-0.39, 0.29) is 24.1 Å². The summed E-state index contributed by atoms with van der Waals surface area (Å²) in [5.74, 6) is 0.0554. The average molecular weight is 413 g/mol. The third-order valence-corrected chi connectivity index (χ3v) is 5.32. The van der Waals surface area contributed by atoms with E-state index in [1.54, 1.807) is 18.3 Å². The molecule has 0 aliphatic heterocycles. The largest absolute Gasteiger partial charge is 0.508 e. The molecule has 0 radical (unpaired) electrons. The van der Waals surface area contributed by atoms with E-state index in [4.69, 9.17) is 0 Å². The van der Waals surface area contributed by atoms with Crippen molar-refractivity contribution in [2.75, 3.05) is 27.2 Å². The van der Waals surface area contributed by atoms with Crippen LogP contribution in [-0.2, 0) is 7.05 Å². The van der Waals surface area contributed by atoms with Crippen molar-refractivity contribution < 1.29 is 9.90 Å². The lowest BCUT2D eigenvalue weighted by molar-refractivity contribution is 0.0948. The number of benzene rings is 2. The van der Waals surface area contributed by atoms with Gasteiger partial charge in [-0.25, -0.2) is 0 Å². The summed E-state index contributed by atoms with van der Waals surface area (Å²) in [5, 5.41) is 16.7. The number of hydrogen-bond acceptors (Lipinski definition) is 4. The lowest BCUT2D eigenvalue weighted by Crippen LogP contribution is -2.31. The zero-order valence-electron chi connectivity index (χ0n) is 17.0. The molecule has 4 aromatic rings. The Hall–Kier alpha value is -2.83. The van der Waals surface area contributed by atoms with Crippen molar-refractivity contribution in [2.24, 2.45) is 7.05 Å². The fraction of sp³-hybridized carbons (Fsp3) is 0.273. The minimum atomic E-state index is -0.172.